The van der Waals surface area contributed by atoms with E-state index in [-0.39, 0.29) is 5.69 Å². The van der Waals surface area contributed by atoms with E-state index in [2.05, 4.69) is 26.2 Å². The monoisotopic (exact) mass is 375 g/mol. The van der Waals surface area contributed by atoms with Gasteiger partial charge < -0.3 is 5.32 Å². The Morgan fingerprint density at radius 1 is 1.18 bits per heavy atom. The Morgan fingerprint density at radius 3 is 2.68 bits per heavy atom. The SMILES string of the molecule is O=[N+]([O-])c1cccc(Nc2nc(-c3ccc(Br)cc3)cs2)c1. The van der Waals surface area contributed by atoms with Crippen LogP contribution in [0.5, 0.6) is 0 Å². The molecule has 3 rings (SSSR count). The molecule has 0 amide bonds. The summed E-state index contributed by atoms with van der Waals surface area (Å²) in [5.74, 6) is 0. The molecule has 0 spiro atoms. The molecule has 0 bridgehead atoms. The zero-order valence-electron chi connectivity index (χ0n) is 11.2. The average molecular weight is 376 g/mol. The number of hydrogen-bond donors (Lipinski definition) is 1. The van der Waals surface area contributed by atoms with Gasteiger partial charge in [0.1, 0.15) is 0 Å². The second-order valence-electron chi connectivity index (χ2n) is 4.48. The van der Waals surface area contributed by atoms with E-state index in [0.29, 0.717) is 10.8 Å². The lowest BCUT2D eigenvalue weighted by Gasteiger charge is -2.02. The van der Waals surface area contributed by atoms with Gasteiger partial charge in [-0.15, -0.1) is 11.3 Å². The summed E-state index contributed by atoms with van der Waals surface area (Å²) in [4.78, 5) is 14.9. The molecular weight excluding hydrogens is 366 g/mol. The maximum absolute atomic E-state index is 10.8. The molecule has 110 valence electrons. The number of nitrogens with zero attached hydrogens (tertiary/aromatic N) is 2. The van der Waals surface area contributed by atoms with Crippen molar-refractivity contribution in [1.29, 1.82) is 0 Å². The molecule has 0 fully saturated rings. The third kappa shape index (κ3) is 3.32. The first-order chi connectivity index (χ1) is 10.6. The summed E-state index contributed by atoms with van der Waals surface area (Å²) in [6.45, 7) is 0. The van der Waals surface area contributed by atoms with Gasteiger partial charge in [-0.3, -0.25) is 10.1 Å². The number of aromatic nitrogens is 1. The van der Waals surface area contributed by atoms with Crippen molar-refractivity contribution < 1.29 is 4.92 Å². The van der Waals surface area contributed by atoms with Gasteiger partial charge in [-0.2, -0.15) is 0 Å². The summed E-state index contributed by atoms with van der Waals surface area (Å²) < 4.78 is 1.02. The fraction of sp³-hybridized carbons (Fsp3) is 0. The van der Waals surface area contributed by atoms with Gasteiger partial charge in [0.05, 0.1) is 10.6 Å². The molecule has 0 radical (unpaired) electrons. The van der Waals surface area contributed by atoms with Crippen LogP contribution in [0, 0.1) is 10.1 Å². The Bertz CT molecular complexity index is 818. The number of thiazole rings is 1. The predicted molar refractivity (Wildman–Crippen MR) is 91.6 cm³/mol. The first-order valence-electron chi connectivity index (χ1n) is 6.35. The number of halogens is 1. The van der Waals surface area contributed by atoms with Crippen molar-refractivity contribution in [2.75, 3.05) is 5.32 Å². The zero-order chi connectivity index (χ0) is 15.5. The van der Waals surface area contributed by atoms with Gasteiger partial charge in [-0.25, -0.2) is 4.98 Å². The molecule has 22 heavy (non-hydrogen) atoms. The van der Waals surface area contributed by atoms with Crippen LogP contribution in [0.3, 0.4) is 0 Å². The molecule has 0 saturated carbocycles. The second kappa shape index (κ2) is 6.25. The number of non-ortho nitro benzene ring substituents is 1. The molecule has 1 aromatic heterocycles. The van der Waals surface area contributed by atoms with Crippen molar-refractivity contribution in [2.24, 2.45) is 0 Å². The van der Waals surface area contributed by atoms with Gasteiger partial charge in [0.2, 0.25) is 0 Å². The van der Waals surface area contributed by atoms with Gasteiger partial charge in [0, 0.05) is 33.2 Å². The van der Waals surface area contributed by atoms with Gasteiger partial charge in [-0.05, 0) is 18.2 Å². The van der Waals surface area contributed by atoms with E-state index < -0.39 is 4.92 Å². The third-order valence-electron chi connectivity index (χ3n) is 2.95. The van der Waals surface area contributed by atoms with Crippen LogP contribution in [0.1, 0.15) is 0 Å². The van der Waals surface area contributed by atoms with E-state index in [1.54, 1.807) is 12.1 Å². The van der Waals surface area contributed by atoms with Crippen molar-refractivity contribution in [3.8, 4) is 11.3 Å². The Kier molecular flexibility index (Phi) is 4.17. The third-order valence-corrected chi connectivity index (χ3v) is 4.24. The highest BCUT2D eigenvalue weighted by molar-refractivity contribution is 9.10. The summed E-state index contributed by atoms with van der Waals surface area (Å²) in [7, 11) is 0. The molecule has 0 saturated heterocycles. The molecular formula is C15H10BrN3O2S. The molecule has 3 aromatic rings. The van der Waals surface area contributed by atoms with Gasteiger partial charge in [0.25, 0.3) is 5.69 Å². The van der Waals surface area contributed by atoms with Gasteiger partial charge >= 0.3 is 0 Å². The number of anilines is 2. The van der Waals surface area contributed by atoms with Crippen LogP contribution in [0.25, 0.3) is 11.3 Å². The lowest BCUT2D eigenvalue weighted by molar-refractivity contribution is -0.384. The average Bonchev–Trinajstić information content (AvgIpc) is 2.96. The highest BCUT2D eigenvalue weighted by Gasteiger charge is 2.08. The summed E-state index contributed by atoms with van der Waals surface area (Å²) in [6, 6.07) is 14.2. The summed E-state index contributed by atoms with van der Waals surface area (Å²) in [6.07, 6.45) is 0. The van der Waals surface area contributed by atoms with Gasteiger partial charge in [-0.1, -0.05) is 34.1 Å². The van der Waals surface area contributed by atoms with Gasteiger partial charge in [0.15, 0.2) is 5.13 Å². The number of hydrogen-bond acceptors (Lipinski definition) is 5. The van der Waals surface area contributed by atoms with Crippen molar-refractivity contribution in [3.05, 3.63) is 68.5 Å². The van der Waals surface area contributed by atoms with Crippen LogP contribution < -0.4 is 5.32 Å². The van der Waals surface area contributed by atoms with Crippen LogP contribution in [0.15, 0.2) is 58.4 Å². The molecule has 1 N–H and O–H groups in total. The molecule has 0 unspecified atom stereocenters. The number of nitro benzene ring substituents is 1. The van der Waals surface area contributed by atoms with E-state index in [1.807, 2.05) is 29.6 Å². The minimum Gasteiger partial charge on any atom is -0.331 e. The van der Waals surface area contributed by atoms with Crippen LogP contribution in [0.4, 0.5) is 16.5 Å². The maximum Gasteiger partial charge on any atom is 0.271 e. The van der Waals surface area contributed by atoms with Crippen molar-refractivity contribution >= 4 is 43.8 Å². The quantitative estimate of drug-likeness (QED) is 0.500. The number of nitro groups is 1. The Hall–Kier alpha value is -2.25. The smallest absolute Gasteiger partial charge is 0.271 e. The Morgan fingerprint density at radius 2 is 1.95 bits per heavy atom. The molecule has 0 atom stereocenters. The molecule has 0 aliphatic rings. The Balaban J connectivity index is 1.81. The summed E-state index contributed by atoms with van der Waals surface area (Å²) in [5, 5.41) is 16.5. The maximum atomic E-state index is 10.8. The van der Waals surface area contributed by atoms with Crippen LogP contribution in [0.2, 0.25) is 0 Å². The van der Waals surface area contributed by atoms with E-state index >= 15 is 0 Å². The minimum absolute atomic E-state index is 0.0506. The lowest BCUT2D eigenvalue weighted by Crippen LogP contribution is -1.92. The van der Waals surface area contributed by atoms with E-state index in [9.17, 15) is 10.1 Å². The topological polar surface area (TPSA) is 68.1 Å². The predicted octanol–water partition coefficient (Wildman–Crippen LogP) is 5.22. The molecule has 0 aliphatic heterocycles. The highest BCUT2D eigenvalue weighted by atomic mass is 79.9. The van der Waals surface area contributed by atoms with E-state index in [4.69, 9.17) is 0 Å². The Labute approximate surface area is 138 Å². The standard InChI is InChI=1S/C15H10BrN3O2S/c16-11-6-4-10(5-7-11)14-9-22-15(18-14)17-12-2-1-3-13(8-12)19(20)21/h1-9H,(H,17,18). The highest BCUT2D eigenvalue weighted by Crippen LogP contribution is 2.28. The number of nitrogens with one attached hydrogen (secondary N) is 1. The normalized spacial score (nSPS) is 10.4. The second-order valence-corrected chi connectivity index (χ2v) is 6.25. The van der Waals surface area contributed by atoms with Crippen LogP contribution in [-0.4, -0.2) is 9.91 Å². The van der Waals surface area contributed by atoms with Crippen LogP contribution in [-0.2, 0) is 0 Å². The minimum atomic E-state index is -0.416. The largest absolute Gasteiger partial charge is 0.331 e. The molecule has 7 heteroatoms. The molecule has 0 aliphatic carbocycles. The van der Waals surface area contributed by atoms with Crippen molar-refractivity contribution in [2.45, 2.75) is 0 Å². The fourth-order valence-electron chi connectivity index (χ4n) is 1.91. The summed E-state index contributed by atoms with van der Waals surface area (Å²) in [5.41, 5.74) is 2.58. The van der Waals surface area contributed by atoms with E-state index in [1.165, 1.54) is 23.5 Å². The first kappa shape index (κ1) is 14.7. The first-order valence-corrected chi connectivity index (χ1v) is 8.02. The number of benzene rings is 2. The molecule has 5 nitrogen and oxygen atoms in total. The lowest BCUT2D eigenvalue weighted by atomic mass is 10.2. The van der Waals surface area contributed by atoms with E-state index in [0.717, 1.165) is 15.7 Å². The molecule has 1 heterocycles. The summed E-state index contributed by atoms with van der Waals surface area (Å²) >= 11 is 4.85. The van der Waals surface area contributed by atoms with Crippen molar-refractivity contribution in [1.82, 2.24) is 4.98 Å². The fourth-order valence-corrected chi connectivity index (χ4v) is 2.91. The molecule has 2 aromatic carbocycles. The van der Waals surface area contributed by atoms with Crippen molar-refractivity contribution in [3.63, 3.8) is 0 Å². The van der Waals surface area contributed by atoms with Crippen LogP contribution >= 0.6 is 27.3 Å². The number of rotatable bonds is 4. The zero-order valence-corrected chi connectivity index (χ0v) is 13.6.